The Bertz CT molecular complexity index is 567. The first-order chi connectivity index (χ1) is 10.2. The summed E-state index contributed by atoms with van der Waals surface area (Å²) in [6.07, 6.45) is 6.70. The molecule has 0 amide bonds. The van der Waals surface area contributed by atoms with E-state index in [0.717, 1.165) is 32.0 Å². The molecule has 0 saturated carbocycles. The van der Waals surface area contributed by atoms with Crippen LogP contribution in [0.1, 0.15) is 24.1 Å². The van der Waals surface area contributed by atoms with Crippen molar-refractivity contribution in [1.82, 2.24) is 14.5 Å². The third-order valence-corrected chi connectivity index (χ3v) is 4.17. The van der Waals surface area contributed by atoms with Gasteiger partial charge in [0.05, 0.1) is 0 Å². The Morgan fingerprint density at radius 1 is 1.14 bits per heavy atom. The lowest BCUT2D eigenvalue weighted by Gasteiger charge is -2.19. The van der Waals surface area contributed by atoms with Crippen LogP contribution in [-0.2, 0) is 20.1 Å². The Morgan fingerprint density at radius 3 is 2.57 bits per heavy atom. The molecule has 1 aliphatic rings. The van der Waals surface area contributed by atoms with Crippen LogP contribution < -0.4 is 4.90 Å². The molecule has 4 heteroatoms. The predicted molar refractivity (Wildman–Crippen MR) is 86.3 cm³/mol. The number of rotatable bonds is 5. The van der Waals surface area contributed by atoms with E-state index >= 15 is 0 Å². The standard InChI is InChI=1S/C17H24N4/c1-19(14-16-6-5-9-20(16)2)13-15-7-8-17(18-12-15)21-10-3-4-11-21/h5-9,12H,3-4,10-11,13-14H2,1-2H3. The molecule has 0 bridgehead atoms. The second-order valence-corrected chi connectivity index (χ2v) is 6.00. The minimum atomic E-state index is 0.929. The van der Waals surface area contributed by atoms with Gasteiger partial charge in [0, 0.05) is 51.3 Å². The van der Waals surface area contributed by atoms with Crippen LogP contribution in [0.25, 0.3) is 0 Å². The van der Waals surface area contributed by atoms with E-state index in [0.29, 0.717) is 0 Å². The first kappa shape index (κ1) is 14.1. The molecule has 0 atom stereocenters. The van der Waals surface area contributed by atoms with Crippen LogP contribution in [0.15, 0.2) is 36.7 Å². The zero-order valence-electron chi connectivity index (χ0n) is 13.0. The quantitative estimate of drug-likeness (QED) is 0.843. The molecule has 3 rings (SSSR count). The van der Waals surface area contributed by atoms with E-state index in [2.05, 4.69) is 63.9 Å². The molecular weight excluding hydrogens is 260 g/mol. The highest BCUT2D eigenvalue weighted by Gasteiger charge is 2.13. The Kier molecular flexibility index (Phi) is 4.25. The van der Waals surface area contributed by atoms with Crippen molar-refractivity contribution in [2.75, 3.05) is 25.0 Å². The Labute approximate surface area is 127 Å². The van der Waals surface area contributed by atoms with Gasteiger partial charge in [-0.1, -0.05) is 6.07 Å². The predicted octanol–water partition coefficient (Wildman–Crippen LogP) is 2.65. The summed E-state index contributed by atoms with van der Waals surface area (Å²) in [5, 5.41) is 0. The van der Waals surface area contributed by atoms with Crippen LogP contribution in [0.2, 0.25) is 0 Å². The first-order valence-corrected chi connectivity index (χ1v) is 7.71. The molecule has 2 aromatic rings. The normalized spacial score (nSPS) is 15.1. The number of anilines is 1. The van der Waals surface area contributed by atoms with Crippen LogP contribution in [0, 0.1) is 0 Å². The van der Waals surface area contributed by atoms with Gasteiger partial charge < -0.3 is 9.47 Å². The summed E-state index contributed by atoms with van der Waals surface area (Å²) in [6, 6.07) is 8.64. The molecule has 21 heavy (non-hydrogen) atoms. The van der Waals surface area contributed by atoms with Gasteiger partial charge in [0.1, 0.15) is 5.82 Å². The molecular formula is C17H24N4. The number of hydrogen-bond donors (Lipinski definition) is 0. The van der Waals surface area contributed by atoms with E-state index in [1.165, 1.54) is 24.1 Å². The van der Waals surface area contributed by atoms with Crippen molar-refractivity contribution in [1.29, 1.82) is 0 Å². The van der Waals surface area contributed by atoms with Crippen LogP contribution in [0.5, 0.6) is 0 Å². The van der Waals surface area contributed by atoms with Crippen molar-refractivity contribution >= 4 is 5.82 Å². The SMILES string of the molecule is CN(Cc1ccc(N2CCCC2)nc1)Cc1cccn1C. The van der Waals surface area contributed by atoms with Gasteiger partial charge in [-0.3, -0.25) is 4.90 Å². The monoisotopic (exact) mass is 284 g/mol. The number of hydrogen-bond acceptors (Lipinski definition) is 3. The van der Waals surface area contributed by atoms with Gasteiger partial charge in [-0.25, -0.2) is 4.98 Å². The van der Waals surface area contributed by atoms with E-state index in [9.17, 15) is 0 Å². The van der Waals surface area contributed by atoms with Crippen LogP contribution in [-0.4, -0.2) is 34.6 Å². The zero-order valence-corrected chi connectivity index (χ0v) is 13.0. The summed E-state index contributed by atoms with van der Waals surface area (Å²) in [4.78, 5) is 9.32. The third-order valence-electron chi connectivity index (χ3n) is 4.17. The summed E-state index contributed by atoms with van der Waals surface area (Å²) in [7, 11) is 4.25. The van der Waals surface area contributed by atoms with E-state index in [1.54, 1.807) is 0 Å². The number of nitrogens with zero attached hydrogens (tertiary/aromatic N) is 4. The number of pyridine rings is 1. The van der Waals surface area contributed by atoms with Crippen molar-refractivity contribution in [3.05, 3.63) is 47.9 Å². The van der Waals surface area contributed by atoms with Crippen molar-refractivity contribution in [2.24, 2.45) is 7.05 Å². The molecule has 0 aromatic carbocycles. The van der Waals surface area contributed by atoms with Crippen molar-refractivity contribution in [3.63, 3.8) is 0 Å². The summed E-state index contributed by atoms with van der Waals surface area (Å²) < 4.78 is 2.17. The number of aryl methyl sites for hydroxylation is 1. The van der Waals surface area contributed by atoms with E-state index < -0.39 is 0 Å². The van der Waals surface area contributed by atoms with Crippen LogP contribution in [0.3, 0.4) is 0 Å². The molecule has 1 fully saturated rings. The molecule has 0 radical (unpaired) electrons. The van der Waals surface area contributed by atoms with Gasteiger partial charge in [-0.2, -0.15) is 0 Å². The Morgan fingerprint density at radius 2 is 1.95 bits per heavy atom. The van der Waals surface area contributed by atoms with Crippen molar-refractivity contribution in [3.8, 4) is 0 Å². The molecule has 0 spiro atoms. The van der Waals surface area contributed by atoms with Gasteiger partial charge in [0.25, 0.3) is 0 Å². The molecule has 112 valence electrons. The number of aromatic nitrogens is 2. The average Bonchev–Trinajstić information content (AvgIpc) is 3.12. The minimum absolute atomic E-state index is 0.929. The Hall–Kier alpha value is -1.81. The fourth-order valence-electron chi connectivity index (χ4n) is 2.95. The minimum Gasteiger partial charge on any atom is -0.357 e. The zero-order chi connectivity index (χ0) is 14.7. The van der Waals surface area contributed by atoms with Crippen LogP contribution in [0.4, 0.5) is 5.82 Å². The molecule has 1 aliphatic heterocycles. The van der Waals surface area contributed by atoms with Crippen LogP contribution >= 0.6 is 0 Å². The highest BCUT2D eigenvalue weighted by Crippen LogP contribution is 2.18. The largest absolute Gasteiger partial charge is 0.357 e. The van der Waals surface area contributed by atoms with Crippen molar-refractivity contribution in [2.45, 2.75) is 25.9 Å². The van der Waals surface area contributed by atoms with Gasteiger partial charge in [0.2, 0.25) is 0 Å². The summed E-state index contributed by atoms with van der Waals surface area (Å²) in [5.41, 5.74) is 2.61. The van der Waals surface area contributed by atoms with E-state index in [-0.39, 0.29) is 0 Å². The summed E-state index contributed by atoms with van der Waals surface area (Å²) >= 11 is 0. The lowest BCUT2D eigenvalue weighted by atomic mass is 10.2. The topological polar surface area (TPSA) is 24.3 Å². The Balaban J connectivity index is 1.58. The van der Waals surface area contributed by atoms with Gasteiger partial charge in [-0.05, 0) is 43.7 Å². The lowest BCUT2D eigenvalue weighted by Crippen LogP contribution is -2.20. The summed E-state index contributed by atoms with van der Waals surface area (Å²) in [6.45, 7) is 4.19. The first-order valence-electron chi connectivity index (χ1n) is 7.71. The fourth-order valence-corrected chi connectivity index (χ4v) is 2.95. The molecule has 2 aromatic heterocycles. The molecule has 0 aliphatic carbocycles. The van der Waals surface area contributed by atoms with Gasteiger partial charge in [-0.15, -0.1) is 0 Å². The van der Waals surface area contributed by atoms with Gasteiger partial charge >= 0.3 is 0 Å². The maximum Gasteiger partial charge on any atom is 0.128 e. The van der Waals surface area contributed by atoms with Crippen molar-refractivity contribution < 1.29 is 0 Å². The maximum atomic E-state index is 4.62. The molecule has 1 saturated heterocycles. The highest BCUT2D eigenvalue weighted by atomic mass is 15.2. The van der Waals surface area contributed by atoms with Gasteiger partial charge in [0.15, 0.2) is 0 Å². The average molecular weight is 284 g/mol. The van der Waals surface area contributed by atoms with E-state index in [4.69, 9.17) is 0 Å². The molecule has 0 unspecified atom stereocenters. The second-order valence-electron chi connectivity index (χ2n) is 6.00. The molecule has 3 heterocycles. The fraction of sp³-hybridized carbons (Fsp3) is 0.471. The highest BCUT2D eigenvalue weighted by molar-refractivity contribution is 5.40. The summed E-state index contributed by atoms with van der Waals surface area (Å²) in [5.74, 6) is 1.13. The lowest BCUT2D eigenvalue weighted by molar-refractivity contribution is 0.311. The third kappa shape index (κ3) is 3.45. The second kappa shape index (κ2) is 6.31. The molecule has 4 nitrogen and oxygen atoms in total. The molecule has 0 N–H and O–H groups in total. The maximum absolute atomic E-state index is 4.62. The van der Waals surface area contributed by atoms with E-state index in [1.807, 2.05) is 6.20 Å². The smallest absolute Gasteiger partial charge is 0.128 e.